The number of azo groups is 1. The first-order valence-corrected chi connectivity index (χ1v) is 3.31. The highest BCUT2D eigenvalue weighted by Crippen LogP contribution is 2.13. The predicted octanol–water partition coefficient (Wildman–Crippen LogP) is -0.195. The van der Waals surface area contributed by atoms with Gasteiger partial charge in [0.1, 0.15) is 5.82 Å². The second-order valence-electron chi connectivity index (χ2n) is 2.30. The number of nitrogens with two attached hydrogens (primary N) is 1. The Labute approximate surface area is 71.7 Å². The molecule has 0 spiro atoms. The molecule has 2 rings (SSSR count). The van der Waals surface area contributed by atoms with Crippen LogP contribution in [0.3, 0.4) is 0 Å². The van der Waals surface area contributed by atoms with Crippen molar-refractivity contribution in [3.63, 3.8) is 0 Å². The molecule has 0 radical (unpaired) electrons. The molecule has 0 atom stereocenters. The van der Waals surface area contributed by atoms with Crippen molar-refractivity contribution in [3.05, 3.63) is 17.6 Å². The molecular weight excluding hydrogens is 174 g/mol. The van der Waals surface area contributed by atoms with Gasteiger partial charge in [-0.3, -0.25) is 9.59 Å². The van der Waals surface area contributed by atoms with E-state index in [0.29, 0.717) is 0 Å². The summed E-state index contributed by atoms with van der Waals surface area (Å²) in [6.07, 6.45) is 1.19. The number of carbonyl (C=O) groups excluding carboxylic acids is 2. The summed E-state index contributed by atoms with van der Waals surface area (Å²) >= 11 is 0. The normalized spacial score (nSPS) is 14.5. The van der Waals surface area contributed by atoms with Gasteiger partial charge in [0.2, 0.25) is 0 Å². The van der Waals surface area contributed by atoms with Gasteiger partial charge in [0, 0.05) is 0 Å². The number of nitrogen functional groups attached to an aromatic ring is 1. The molecule has 0 fully saturated rings. The topological polar surface area (TPSA) is 111 Å². The Morgan fingerprint density at radius 1 is 1.08 bits per heavy atom. The number of rotatable bonds is 0. The van der Waals surface area contributed by atoms with Crippen LogP contribution >= 0.6 is 0 Å². The number of fused-ring (bicyclic) bond motifs is 1. The van der Waals surface area contributed by atoms with E-state index in [-0.39, 0.29) is 17.2 Å². The number of nitrogens with zero attached hydrogens (tertiary/aromatic N) is 4. The van der Waals surface area contributed by atoms with E-state index < -0.39 is 11.8 Å². The highest BCUT2D eigenvalue weighted by atomic mass is 16.2. The summed E-state index contributed by atoms with van der Waals surface area (Å²) in [5.41, 5.74) is 5.04. The fourth-order valence-electron chi connectivity index (χ4n) is 0.894. The molecule has 2 heterocycles. The van der Waals surface area contributed by atoms with E-state index in [1.807, 2.05) is 0 Å². The first-order chi connectivity index (χ1) is 6.18. The van der Waals surface area contributed by atoms with Gasteiger partial charge >= 0.3 is 11.8 Å². The van der Waals surface area contributed by atoms with Gasteiger partial charge in [0.05, 0.1) is 6.20 Å². The smallest absolute Gasteiger partial charge is 0.316 e. The minimum Gasteiger partial charge on any atom is -0.382 e. The number of carbonyl (C=O) groups is 2. The van der Waals surface area contributed by atoms with E-state index in [9.17, 15) is 9.59 Å². The largest absolute Gasteiger partial charge is 0.382 e. The summed E-state index contributed by atoms with van der Waals surface area (Å²) < 4.78 is 0. The van der Waals surface area contributed by atoms with Crippen LogP contribution in [-0.4, -0.2) is 21.8 Å². The van der Waals surface area contributed by atoms with Crippen molar-refractivity contribution in [3.8, 4) is 0 Å². The molecule has 0 aromatic carbocycles. The maximum atomic E-state index is 11.0. The first kappa shape index (κ1) is 7.47. The van der Waals surface area contributed by atoms with Crippen molar-refractivity contribution in [1.82, 2.24) is 9.97 Å². The number of amides is 2. The van der Waals surface area contributed by atoms with Gasteiger partial charge < -0.3 is 5.73 Å². The molecule has 13 heavy (non-hydrogen) atoms. The highest BCUT2D eigenvalue weighted by Gasteiger charge is 2.25. The fraction of sp³-hybridized carbons (Fsp3) is 0. The zero-order valence-electron chi connectivity index (χ0n) is 6.26. The van der Waals surface area contributed by atoms with Crippen molar-refractivity contribution in [1.29, 1.82) is 0 Å². The van der Waals surface area contributed by atoms with Crippen LogP contribution in [0.15, 0.2) is 16.4 Å². The number of hydrogen-bond acceptors (Lipinski definition) is 5. The Bertz CT molecular complexity index is 439. The van der Waals surface area contributed by atoms with Crippen LogP contribution in [0, 0.1) is 0 Å². The maximum absolute atomic E-state index is 11.0. The minimum atomic E-state index is -0.700. The van der Waals surface area contributed by atoms with Crippen molar-refractivity contribution in [2.24, 2.45) is 10.2 Å². The first-order valence-electron chi connectivity index (χ1n) is 3.31. The van der Waals surface area contributed by atoms with Crippen LogP contribution in [0.4, 0.5) is 5.82 Å². The number of anilines is 1. The fourth-order valence-corrected chi connectivity index (χ4v) is 0.894. The molecule has 0 bridgehead atoms. The van der Waals surface area contributed by atoms with Crippen LogP contribution in [0.2, 0.25) is 0 Å². The molecule has 1 aromatic rings. The second-order valence-corrected chi connectivity index (χ2v) is 2.30. The summed E-state index contributed by atoms with van der Waals surface area (Å²) in [7, 11) is 0. The Balaban J connectivity index is 2.69. The molecule has 0 saturated carbocycles. The van der Waals surface area contributed by atoms with Gasteiger partial charge in [-0.1, -0.05) is 0 Å². The molecule has 0 aliphatic carbocycles. The molecule has 2 N–H and O–H groups in total. The van der Waals surface area contributed by atoms with E-state index in [1.54, 1.807) is 0 Å². The lowest BCUT2D eigenvalue weighted by atomic mass is 10.2. The van der Waals surface area contributed by atoms with Crippen LogP contribution in [-0.2, 0) is 0 Å². The van der Waals surface area contributed by atoms with Gasteiger partial charge in [-0.15, -0.1) is 10.2 Å². The third-order valence-electron chi connectivity index (χ3n) is 1.43. The molecule has 2 amide bonds. The third kappa shape index (κ3) is 1.06. The van der Waals surface area contributed by atoms with Crippen molar-refractivity contribution in [2.45, 2.75) is 0 Å². The molecule has 7 heteroatoms. The lowest BCUT2D eigenvalue weighted by molar-refractivity contribution is 0.0912. The molecule has 0 unspecified atom stereocenters. The zero-order valence-corrected chi connectivity index (χ0v) is 6.26. The van der Waals surface area contributed by atoms with E-state index in [0.717, 1.165) is 0 Å². The third-order valence-corrected chi connectivity index (χ3v) is 1.43. The second kappa shape index (κ2) is 2.41. The van der Waals surface area contributed by atoms with Crippen molar-refractivity contribution in [2.75, 3.05) is 5.73 Å². The SMILES string of the molecule is Nc1cnc2c(n1)C(=O)N=NC2=O. The van der Waals surface area contributed by atoms with Gasteiger partial charge in [0.15, 0.2) is 11.4 Å². The number of hydrogen-bond donors (Lipinski definition) is 1. The van der Waals surface area contributed by atoms with Crippen LogP contribution in [0.1, 0.15) is 21.0 Å². The highest BCUT2D eigenvalue weighted by molar-refractivity contribution is 6.08. The summed E-state index contributed by atoms with van der Waals surface area (Å²) in [6, 6.07) is 0. The lowest BCUT2D eigenvalue weighted by Gasteiger charge is -2.04. The van der Waals surface area contributed by atoms with E-state index >= 15 is 0 Å². The summed E-state index contributed by atoms with van der Waals surface area (Å²) in [6.45, 7) is 0. The van der Waals surface area contributed by atoms with Crippen molar-refractivity contribution >= 4 is 17.6 Å². The molecule has 0 saturated heterocycles. The Morgan fingerprint density at radius 3 is 2.38 bits per heavy atom. The van der Waals surface area contributed by atoms with Gasteiger partial charge in [0.25, 0.3) is 0 Å². The zero-order chi connectivity index (χ0) is 9.42. The van der Waals surface area contributed by atoms with Gasteiger partial charge in [-0.2, -0.15) is 0 Å². The van der Waals surface area contributed by atoms with E-state index in [2.05, 4.69) is 20.2 Å². The lowest BCUT2D eigenvalue weighted by Crippen LogP contribution is -2.16. The monoisotopic (exact) mass is 177 g/mol. The molecule has 64 valence electrons. The van der Waals surface area contributed by atoms with E-state index in [1.165, 1.54) is 6.20 Å². The van der Waals surface area contributed by atoms with Crippen LogP contribution < -0.4 is 5.73 Å². The number of aromatic nitrogens is 2. The summed E-state index contributed by atoms with van der Waals surface area (Å²) in [5.74, 6) is -1.31. The van der Waals surface area contributed by atoms with Gasteiger partial charge in [-0.25, -0.2) is 9.97 Å². The Kier molecular flexibility index (Phi) is 1.38. The molecule has 1 aliphatic rings. The molecular formula is C6H3N5O2. The molecule has 1 aromatic heterocycles. The average molecular weight is 177 g/mol. The average Bonchev–Trinajstić information content (AvgIpc) is 2.12. The van der Waals surface area contributed by atoms with E-state index in [4.69, 9.17) is 5.73 Å². The molecule has 1 aliphatic heterocycles. The summed E-state index contributed by atoms with van der Waals surface area (Å²) in [4.78, 5) is 29.3. The quantitative estimate of drug-likeness (QED) is 0.590. The standard InChI is InChI=1S/C6H3N5O2/c7-2-1-8-3-4(9-2)6(13)11-10-5(3)12/h1H,(H2,7,9). The molecule has 7 nitrogen and oxygen atoms in total. The minimum absolute atomic E-state index is 0.0667. The Hall–Kier alpha value is -2.18. The maximum Gasteiger partial charge on any atom is 0.316 e. The van der Waals surface area contributed by atoms with Gasteiger partial charge in [-0.05, 0) is 0 Å². The van der Waals surface area contributed by atoms with Crippen molar-refractivity contribution < 1.29 is 9.59 Å². The van der Waals surface area contributed by atoms with Crippen LogP contribution in [0.25, 0.3) is 0 Å². The van der Waals surface area contributed by atoms with Crippen LogP contribution in [0.5, 0.6) is 0 Å². The Morgan fingerprint density at radius 2 is 1.69 bits per heavy atom. The predicted molar refractivity (Wildman–Crippen MR) is 40.0 cm³/mol. The summed E-state index contributed by atoms with van der Waals surface area (Å²) in [5, 5.41) is 6.15.